The molecular weight excluding hydrogens is 1020 g/mol. The Labute approximate surface area is 520 Å². The zero-order valence-electron chi connectivity index (χ0n) is 56.5. The predicted octanol–water partition coefficient (Wildman–Crippen LogP) is 26.5. The third-order valence-electron chi connectivity index (χ3n) is 17.7. The molecular formula is C78H148O5. The number of ether oxygens (including phenoxy) is 2. The first kappa shape index (κ1) is 81.1. The molecule has 0 heterocycles. The highest BCUT2D eigenvalue weighted by Gasteiger charge is 2.16. The molecule has 0 aromatic carbocycles. The first-order valence-corrected chi connectivity index (χ1v) is 38.0. The summed E-state index contributed by atoms with van der Waals surface area (Å²) in [5.74, 6) is -0.561. The summed E-state index contributed by atoms with van der Waals surface area (Å²) in [4.78, 5) is 24.7. The van der Waals surface area contributed by atoms with Crippen molar-refractivity contribution in [2.75, 3.05) is 13.2 Å². The molecule has 0 bridgehead atoms. The van der Waals surface area contributed by atoms with Crippen molar-refractivity contribution < 1.29 is 24.2 Å². The molecule has 490 valence electrons. The summed E-state index contributed by atoms with van der Waals surface area (Å²) in [6, 6.07) is 0. The van der Waals surface area contributed by atoms with Crippen LogP contribution in [-0.4, -0.2) is 36.4 Å². The molecule has 5 nitrogen and oxygen atoms in total. The number of aliphatic hydroxyl groups excluding tert-OH is 1. The van der Waals surface area contributed by atoms with Crippen molar-refractivity contribution >= 4 is 11.9 Å². The molecule has 0 aromatic rings. The second-order valence-electron chi connectivity index (χ2n) is 26.1. The Balaban J connectivity index is 3.36. The van der Waals surface area contributed by atoms with Crippen molar-refractivity contribution in [1.82, 2.24) is 0 Å². The van der Waals surface area contributed by atoms with E-state index in [1.54, 1.807) is 0 Å². The van der Waals surface area contributed by atoms with Gasteiger partial charge in [-0.25, -0.2) is 0 Å². The van der Waals surface area contributed by atoms with Crippen LogP contribution in [0.25, 0.3) is 0 Å². The molecule has 0 radical (unpaired) electrons. The van der Waals surface area contributed by atoms with Gasteiger partial charge in [0.2, 0.25) is 0 Å². The molecule has 0 spiro atoms. The minimum atomic E-state index is -0.768. The van der Waals surface area contributed by atoms with E-state index in [9.17, 15) is 14.7 Å². The molecule has 0 rings (SSSR count). The number of carbonyl (C=O) groups excluding carboxylic acids is 2. The van der Waals surface area contributed by atoms with Gasteiger partial charge in [0.1, 0.15) is 6.61 Å². The van der Waals surface area contributed by atoms with Crippen LogP contribution in [-0.2, 0) is 19.1 Å². The number of aliphatic hydroxyl groups is 1. The Morgan fingerprint density at radius 3 is 0.723 bits per heavy atom. The minimum absolute atomic E-state index is 0.0575. The van der Waals surface area contributed by atoms with E-state index in [-0.39, 0.29) is 25.2 Å². The van der Waals surface area contributed by atoms with Crippen LogP contribution in [0.15, 0.2) is 36.5 Å². The Hall–Kier alpha value is -1.88. The highest BCUT2D eigenvalue weighted by atomic mass is 16.6. The van der Waals surface area contributed by atoms with Gasteiger partial charge in [-0.3, -0.25) is 9.59 Å². The Morgan fingerprint density at radius 1 is 0.277 bits per heavy atom. The third-order valence-corrected chi connectivity index (χ3v) is 17.7. The Bertz CT molecular complexity index is 1320. The third kappa shape index (κ3) is 72.5. The minimum Gasteiger partial charge on any atom is -0.462 e. The van der Waals surface area contributed by atoms with Gasteiger partial charge in [-0.15, -0.1) is 0 Å². The normalized spacial score (nSPS) is 12.3. The van der Waals surface area contributed by atoms with Crippen LogP contribution in [0.5, 0.6) is 0 Å². The molecule has 0 aliphatic heterocycles. The van der Waals surface area contributed by atoms with Gasteiger partial charge in [-0.1, -0.05) is 403 Å². The lowest BCUT2D eigenvalue weighted by Crippen LogP contribution is -2.28. The Kier molecular flexibility index (Phi) is 72.7. The Morgan fingerprint density at radius 2 is 0.482 bits per heavy atom. The van der Waals surface area contributed by atoms with Crippen LogP contribution in [0.1, 0.15) is 431 Å². The van der Waals surface area contributed by atoms with Gasteiger partial charge in [-0.05, 0) is 51.4 Å². The van der Waals surface area contributed by atoms with Gasteiger partial charge in [0.15, 0.2) is 6.10 Å². The average Bonchev–Trinajstić information content (AvgIpc) is 3.49. The number of unbranched alkanes of at least 4 members (excludes halogenated alkanes) is 58. The van der Waals surface area contributed by atoms with Crippen LogP contribution >= 0.6 is 0 Å². The van der Waals surface area contributed by atoms with E-state index in [2.05, 4.69) is 50.3 Å². The fraction of sp³-hybridized carbons (Fsp3) is 0.897. The van der Waals surface area contributed by atoms with Gasteiger partial charge >= 0.3 is 11.9 Å². The summed E-state index contributed by atoms with van der Waals surface area (Å²) in [6.07, 6.45) is 99.3. The fourth-order valence-electron chi connectivity index (χ4n) is 12.0. The number of hydrogen-bond acceptors (Lipinski definition) is 5. The van der Waals surface area contributed by atoms with E-state index < -0.39 is 6.10 Å². The zero-order valence-corrected chi connectivity index (χ0v) is 56.5. The predicted molar refractivity (Wildman–Crippen MR) is 367 cm³/mol. The largest absolute Gasteiger partial charge is 0.462 e. The zero-order chi connectivity index (χ0) is 59.8. The fourth-order valence-corrected chi connectivity index (χ4v) is 12.0. The van der Waals surface area contributed by atoms with Crippen LogP contribution in [0.2, 0.25) is 0 Å². The van der Waals surface area contributed by atoms with E-state index in [1.807, 2.05) is 0 Å². The van der Waals surface area contributed by atoms with Gasteiger partial charge in [0.25, 0.3) is 0 Å². The summed E-state index contributed by atoms with van der Waals surface area (Å²) in [5.41, 5.74) is 0. The second kappa shape index (κ2) is 74.4. The molecule has 0 amide bonds. The number of esters is 2. The van der Waals surface area contributed by atoms with Crippen molar-refractivity contribution in [3.63, 3.8) is 0 Å². The highest BCUT2D eigenvalue weighted by Crippen LogP contribution is 2.20. The molecule has 0 saturated heterocycles. The maximum Gasteiger partial charge on any atom is 0.306 e. The molecule has 1 atom stereocenters. The van der Waals surface area contributed by atoms with Crippen LogP contribution < -0.4 is 0 Å². The standard InChI is InChI=1S/C78H148O5/c1-3-5-7-9-11-13-15-17-19-21-23-25-27-29-31-33-34-35-36-37-38-39-40-41-42-43-44-45-47-49-51-53-55-57-59-61-63-65-67-69-71-73-78(81)83-76(74-79)75-82-77(80)72-70-68-66-64-62-60-58-56-54-52-50-48-46-32-30-28-26-24-22-20-18-16-14-12-10-8-6-4-2/h15,17,21,23,27,29,76,79H,3-14,16,18-20,22,24-26,28,30-75H2,1-2H3/b17-15-,23-21-,29-27-. The lowest BCUT2D eigenvalue weighted by atomic mass is 10.0. The number of rotatable bonds is 72. The summed E-state index contributed by atoms with van der Waals surface area (Å²) in [6.45, 7) is 4.20. The molecule has 0 aliphatic carbocycles. The van der Waals surface area contributed by atoms with E-state index in [0.717, 1.165) is 44.9 Å². The van der Waals surface area contributed by atoms with Crippen molar-refractivity contribution in [3.8, 4) is 0 Å². The van der Waals surface area contributed by atoms with Crippen molar-refractivity contribution in [2.45, 2.75) is 437 Å². The average molecular weight is 1170 g/mol. The van der Waals surface area contributed by atoms with Crippen LogP contribution in [0.3, 0.4) is 0 Å². The van der Waals surface area contributed by atoms with Crippen molar-refractivity contribution in [1.29, 1.82) is 0 Å². The summed E-state index contributed by atoms with van der Waals surface area (Å²) in [7, 11) is 0. The molecule has 5 heteroatoms. The number of carbonyl (C=O) groups is 2. The first-order chi connectivity index (χ1) is 41.1. The van der Waals surface area contributed by atoms with E-state index >= 15 is 0 Å². The summed E-state index contributed by atoms with van der Waals surface area (Å²) < 4.78 is 10.8. The maximum absolute atomic E-state index is 12.4. The molecule has 1 N–H and O–H groups in total. The van der Waals surface area contributed by atoms with Crippen molar-refractivity contribution in [3.05, 3.63) is 36.5 Å². The first-order valence-electron chi connectivity index (χ1n) is 38.0. The molecule has 0 aromatic heterocycles. The number of hydrogen-bond donors (Lipinski definition) is 1. The lowest BCUT2D eigenvalue weighted by molar-refractivity contribution is -0.161. The monoisotopic (exact) mass is 1170 g/mol. The molecule has 0 fully saturated rings. The molecule has 1 unspecified atom stereocenters. The topological polar surface area (TPSA) is 72.8 Å². The second-order valence-corrected chi connectivity index (χ2v) is 26.1. The highest BCUT2D eigenvalue weighted by molar-refractivity contribution is 5.70. The van der Waals surface area contributed by atoms with Crippen LogP contribution in [0, 0.1) is 0 Å². The smallest absolute Gasteiger partial charge is 0.306 e. The number of allylic oxidation sites excluding steroid dienone is 6. The lowest BCUT2D eigenvalue weighted by Gasteiger charge is -2.15. The molecule has 0 aliphatic rings. The van der Waals surface area contributed by atoms with Crippen molar-refractivity contribution in [2.24, 2.45) is 0 Å². The van der Waals surface area contributed by atoms with Gasteiger partial charge in [-0.2, -0.15) is 0 Å². The van der Waals surface area contributed by atoms with Gasteiger partial charge in [0.05, 0.1) is 6.61 Å². The quantitative estimate of drug-likeness (QED) is 0.0373. The SMILES string of the molecule is CCCCCCC/C=C\C/C=C\C/C=C\CCCCCCCCCCCCCCCCCCCCCCCCCCCCC(=O)OC(CO)COC(=O)CCCCCCCCCCCCCCCCCCCCCCCCCCCCCC. The van der Waals surface area contributed by atoms with Gasteiger partial charge < -0.3 is 14.6 Å². The maximum atomic E-state index is 12.4. The van der Waals surface area contributed by atoms with E-state index in [0.29, 0.717) is 12.8 Å². The van der Waals surface area contributed by atoms with E-state index in [4.69, 9.17) is 9.47 Å². The van der Waals surface area contributed by atoms with Gasteiger partial charge in [0, 0.05) is 12.8 Å². The van der Waals surface area contributed by atoms with E-state index in [1.165, 1.54) is 360 Å². The summed E-state index contributed by atoms with van der Waals surface area (Å²) >= 11 is 0. The summed E-state index contributed by atoms with van der Waals surface area (Å²) in [5, 5.41) is 9.71. The van der Waals surface area contributed by atoms with Crippen LogP contribution in [0.4, 0.5) is 0 Å². The molecule has 83 heavy (non-hydrogen) atoms. The molecule has 0 saturated carbocycles.